The largest absolute Gasteiger partial charge is 0.396 e. The van der Waals surface area contributed by atoms with Crippen molar-refractivity contribution in [1.29, 1.82) is 0 Å². The maximum atomic E-state index is 8.72. The molecular weight excluding hydrogens is 114 g/mol. The first-order valence-corrected chi connectivity index (χ1v) is 3.36. The van der Waals surface area contributed by atoms with E-state index >= 15 is 0 Å². The second-order valence-electron chi connectivity index (χ2n) is 2.61. The van der Waals surface area contributed by atoms with Gasteiger partial charge in [-0.1, -0.05) is 12.2 Å². The van der Waals surface area contributed by atoms with Gasteiger partial charge in [0.2, 0.25) is 0 Å². The molecule has 52 valence electrons. The SMILES string of the molecule is N[C@H]1C=CC[C@@H](CO)C1. The van der Waals surface area contributed by atoms with Crippen LogP contribution in [-0.4, -0.2) is 17.8 Å². The zero-order valence-corrected chi connectivity index (χ0v) is 5.46. The summed E-state index contributed by atoms with van der Waals surface area (Å²) in [7, 11) is 0. The third-order valence-electron chi connectivity index (χ3n) is 1.72. The van der Waals surface area contributed by atoms with E-state index < -0.39 is 0 Å². The second kappa shape index (κ2) is 2.99. The van der Waals surface area contributed by atoms with Crippen LogP contribution in [0, 0.1) is 5.92 Å². The Bertz CT molecular complexity index is 111. The second-order valence-corrected chi connectivity index (χ2v) is 2.61. The molecule has 0 fully saturated rings. The molecule has 0 aliphatic heterocycles. The Labute approximate surface area is 55.4 Å². The predicted molar refractivity (Wildman–Crippen MR) is 36.9 cm³/mol. The highest BCUT2D eigenvalue weighted by Gasteiger charge is 2.12. The highest BCUT2D eigenvalue weighted by molar-refractivity contribution is 4.98. The van der Waals surface area contributed by atoms with Gasteiger partial charge >= 0.3 is 0 Å². The number of nitrogens with two attached hydrogens (primary N) is 1. The van der Waals surface area contributed by atoms with Crippen LogP contribution in [0.15, 0.2) is 12.2 Å². The van der Waals surface area contributed by atoms with E-state index in [0.717, 1.165) is 12.8 Å². The molecule has 9 heavy (non-hydrogen) atoms. The van der Waals surface area contributed by atoms with Gasteiger partial charge in [-0.15, -0.1) is 0 Å². The minimum atomic E-state index is 0.177. The summed E-state index contributed by atoms with van der Waals surface area (Å²) in [5.74, 6) is 0.407. The van der Waals surface area contributed by atoms with Crippen LogP contribution in [0.5, 0.6) is 0 Å². The molecule has 0 amide bonds. The van der Waals surface area contributed by atoms with Crippen molar-refractivity contribution in [3.63, 3.8) is 0 Å². The summed E-state index contributed by atoms with van der Waals surface area (Å²) in [6, 6.07) is 0.177. The molecule has 2 atom stereocenters. The molecule has 0 unspecified atom stereocenters. The number of hydrogen-bond donors (Lipinski definition) is 2. The van der Waals surface area contributed by atoms with Crippen molar-refractivity contribution in [2.75, 3.05) is 6.61 Å². The first-order valence-electron chi connectivity index (χ1n) is 3.36. The van der Waals surface area contributed by atoms with Crippen LogP contribution in [0.4, 0.5) is 0 Å². The fourth-order valence-electron chi connectivity index (χ4n) is 1.15. The lowest BCUT2D eigenvalue weighted by molar-refractivity contribution is 0.213. The first-order chi connectivity index (χ1) is 4.33. The quantitative estimate of drug-likeness (QED) is 0.497. The number of hydrogen-bond acceptors (Lipinski definition) is 2. The molecule has 2 nitrogen and oxygen atoms in total. The normalized spacial score (nSPS) is 34.9. The summed E-state index contributed by atoms with van der Waals surface area (Å²) in [4.78, 5) is 0. The van der Waals surface area contributed by atoms with Crippen LogP contribution in [-0.2, 0) is 0 Å². The monoisotopic (exact) mass is 127 g/mol. The molecule has 0 saturated heterocycles. The highest BCUT2D eigenvalue weighted by Crippen LogP contribution is 2.15. The number of aliphatic hydroxyl groups is 1. The lowest BCUT2D eigenvalue weighted by Crippen LogP contribution is -2.25. The molecule has 1 aliphatic carbocycles. The molecule has 0 aromatic rings. The molecule has 2 heteroatoms. The van der Waals surface area contributed by atoms with E-state index in [-0.39, 0.29) is 12.6 Å². The van der Waals surface area contributed by atoms with E-state index in [4.69, 9.17) is 10.8 Å². The minimum absolute atomic E-state index is 0.177. The van der Waals surface area contributed by atoms with Crippen molar-refractivity contribution in [3.05, 3.63) is 12.2 Å². The third-order valence-corrected chi connectivity index (χ3v) is 1.72. The van der Waals surface area contributed by atoms with Crippen LogP contribution >= 0.6 is 0 Å². The maximum absolute atomic E-state index is 8.72. The van der Waals surface area contributed by atoms with Gasteiger partial charge in [-0.05, 0) is 18.8 Å². The third kappa shape index (κ3) is 1.80. The molecule has 0 aromatic carbocycles. The molecule has 0 radical (unpaired) electrons. The zero-order valence-electron chi connectivity index (χ0n) is 5.46. The molecule has 3 N–H and O–H groups in total. The van der Waals surface area contributed by atoms with Gasteiger partial charge in [0.1, 0.15) is 0 Å². The average Bonchev–Trinajstić information content (AvgIpc) is 1.88. The van der Waals surface area contributed by atoms with Crippen LogP contribution in [0.2, 0.25) is 0 Å². The van der Waals surface area contributed by atoms with Gasteiger partial charge < -0.3 is 10.8 Å². The lowest BCUT2D eigenvalue weighted by atomic mass is 9.92. The Hall–Kier alpha value is -0.340. The summed E-state index contributed by atoms with van der Waals surface area (Å²) < 4.78 is 0. The maximum Gasteiger partial charge on any atom is 0.0462 e. The summed E-state index contributed by atoms with van der Waals surface area (Å²) in [5.41, 5.74) is 5.60. The lowest BCUT2D eigenvalue weighted by Gasteiger charge is -2.19. The van der Waals surface area contributed by atoms with Crippen molar-refractivity contribution >= 4 is 0 Å². The van der Waals surface area contributed by atoms with Crippen LogP contribution < -0.4 is 5.73 Å². The Morgan fingerprint density at radius 1 is 1.67 bits per heavy atom. The van der Waals surface area contributed by atoms with E-state index in [0.29, 0.717) is 5.92 Å². The summed E-state index contributed by atoms with van der Waals surface area (Å²) in [6.07, 6.45) is 5.98. The highest BCUT2D eigenvalue weighted by atomic mass is 16.3. The molecular formula is C7H13NO. The average molecular weight is 127 g/mol. The molecule has 0 bridgehead atoms. The number of aliphatic hydroxyl groups excluding tert-OH is 1. The molecule has 0 spiro atoms. The standard InChI is InChI=1S/C7H13NO/c8-7-3-1-2-6(4-7)5-9/h1,3,6-7,9H,2,4-5,8H2/t6-,7+/m1/s1. The Morgan fingerprint density at radius 3 is 2.89 bits per heavy atom. The molecule has 0 saturated carbocycles. The van der Waals surface area contributed by atoms with Gasteiger partial charge in [0, 0.05) is 12.6 Å². The van der Waals surface area contributed by atoms with E-state index in [1.165, 1.54) is 0 Å². The van der Waals surface area contributed by atoms with Crippen molar-refractivity contribution in [2.24, 2.45) is 11.7 Å². The first kappa shape index (κ1) is 6.78. The molecule has 1 rings (SSSR count). The van der Waals surface area contributed by atoms with E-state index in [2.05, 4.69) is 6.08 Å². The number of allylic oxidation sites excluding steroid dienone is 1. The van der Waals surface area contributed by atoms with E-state index in [1.807, 2.05) is 6.08 Å². The molecule has 1 aliphatic rings. The van der Waals surface area contributed by atoms with Gasteiger partial charge in [-0.2, -0.15) is 0 Å². The summed E-state index contributed by atoms with van der Waals surface area (Å²) >= 11 is 0. The Balaban J connectivity index is 2.38. The number of rotatable bonds is 1. The predicted octanol–water partition coefficient (Wildman–Crippen LogP) is 0.272. The zero-order chi connectivity index (χ0) is 6.69. The summed E-state index contributed by atoms with van der Waals surface area (Å²) in [5, 5.41) is 8.72. The molecule has 0 aromatic heterocycles. The smallest absolute Gasteiger partial charge is 0.0462 e. The van der Waals surface area contributed by atoms with E-state index in [9.17, 15) is 0 Å². The van der Waals surface area contributed by atoms with Crippen LogP contribution in [0.3, 0.4) is 0 Å². The van der Waals surface area contributed by atoms with Crippen molar-refractivity contribution in [1.82, 2.24) is 0 Å². The van der Waals surface area contributed by atoms with Gasteiger partial charge in [0.05, 0.1) is 0 Å². The van der Waals surface area contributed by atoms with Crippen molar-refractivity contribution in [2.45, 2.75) is 18.9 Å². The van der Waals surface area contributed by atoms with Gasteiger partial charge in [-0.3, -0.25) is 0 Å². The van der Waals surface area contributed by atoms with Gasteiger partial charge in [0.15, 0.2) is 0 Å². The fraction of sp³-hybridized carbons (Fsp3) is 0.714. The van der Waals surface area contributed by atoms with Crippen molar-refractivity contribution < 1.29 is 5.11 Å². The van der Waals surface area contributed by atoms with E-state index in [1.54, 1.807) is 0 Å². The molecule has 0 heterocycles. The minimum Gasteiger partial charge on any atom is -0.396 e. The van der Waals surface area contributed by atoms with Gasteiger partial charge in [0.25, 0.3) is 0 Å². The topological polar surface area (TPSA) is 46.2 Å². The fourth-order valence-corrected chi connectivity index (χ4v) is 1.15. The Kier molecular flexibility index (Phi) is 2.25. The Morgan fingerprint density at radius 2 is 2.44 bits per heavy atom. The van der Waals surface area contributed by atoms with Crippen molar-refractivity contribution in [3.8, 4) is 0 Å². The van der Waals surface area contributed by atoms with Crippen LogP contribution in [0.25, 0.3) is 0 Å². The summed E-state index contributed by atoms with van der Waals surface area (Å²) in [6.45, 7) is 0.276. The van der Waals surface area contributed by atoms with Gasteiger partial charge in [-0.25, -0.2) is 0 Å². The van der Waals surface area contributed by atoms with Crippen LogP contribution in [0.1, 0.15) is 12.8 Å².